The Labute approximate surface area is 107 Å². The number of piperidine rings is 1. The van der Waals surface area contributed by atoms with Gasteiger partial charge < -0.3 is 10.2 Å². The van der Waals surface area contributed by atoms with E-state index in [9.17, 15) is 0 Å². The summed E-state index contributed by atoms with van der Waals surface area (Å²) in [5.74, 6) is 0.955. The number of halogens is 2. The zero-order chi connectivity index (χ0) is 10.4. The average Bonchev–Trinajstić information content (AvgIpc) is 2.22. The molecular formula is C10H11ClIN3. The number of rotatable bonds is 0. The number of nitrogens with zero attached hydrogens (tertiary/aromatic N) is 2. The van der Waals surface area contributed by atoms with E-state index in [0.29, 0.717) is 11.2 Å². The van der Waals surface area contributed by atoms with Crippen LogP contribution in [0.3, 0.4) is 0 Å². The first-order valence-electron chi connectivity index (χ1n) is 5.11. The van der Waals surface area contributed by atoms with Crippen LogP contribution in [-0.4, -0.2) is 24.1 Å². The smallest absolute Gasteiger partial charge is 0.151 e. The van der Waals surface area contributed by atoms with E-state index in [1.807, 2.05) is 0 Å². The van der Waals surface area contributed by atoms with Crippen molar-refractivity contribution in [1.29, 1.82) is 0 Å². The number of nitrogens with one attached hydrogen (secondary N) is 1. The normalized spacial score (nSPS) is 23.3. The van der Waals surface area contributed by atoms with Crippen LogP contribution in [0, 0.1) is 3.57 Å². The molecule has 1 aromatic rings. The molecule has 1 fully saturated rings. The molecule has 2 aliphatic heterocycles. The van der Waals surface area contributed by atoms with Crippen molar-refractivity contribution in [1.82, 2.24) is 4.98 Å². The van der Waals surface area contributed by atoms with Gasteiger partial charge in [-0.1, -0.05) is 11.6 Å². The van der Waals surface area contributed by atoms with Gasteiger partial charge in [-0.25, -0.2) is 4.98 Å². The highest BCUT2D eigenvalue weighted by molar-refractivity contribution is 14.1. The van der Waals surface area contributed by atoms with Crippen LogP contribution in [-0.2, 0) is 0 Å². The van der Waals surface area contributed by atoms with E-state index in [-0.39, 0.29) is 0 Å². The van der Waals surface area contributed by atoms with Gasteiger partial charge in [-0.15, -0.1) is 0 Å². The van der Waals surface area contributed by atoms with Crippen LogP contribution in [0.5, 0.6) is 0 Å². The maximum atomic E-state index is 6.03. The molecule has 1 atom stereocenters. The third-order valence-electron chi connectivity index (χ3n) is 3.02. The molecule has 5 heteroatoms. The SMILES string of the molecule is Clc1nc2c(cc1I)N1CCC[C@@H](C1)N2. The second kappa shape index (κ2) is 3.66. The van der Waals surface area contributed by atoms with E-state index >= 15 is 0 Å². The van der Waals surface area contributed by atoms with E-state index in [0.717, 1.165) is 22.5 Å². The van der Waals surface area contributed by atoms with Crippen LogP contribution >= 0.6 is 34.2 Å². The lowest BCUT2D eigenvalue weighted by Gasteiger charge is -2.40. The number of fused-ring (bicyclic) bond motifs is 4. The van der Waals surface area contributed by atoms with Crippen LogP contribution in [0.2, 0.25) is 5.15 Å². The van der Waals surface area contributed by atoms with Crippen LogP contribution in [0.4, 0.5) is 11.5 Å². The molecule has 0 aliphatic carbocycles. The minimum atomic E-state index is 0.551. The fourth-order valence-corrected chi connectivity index (χ4v) is 2.87. The molecule has 0 radical (unpaired) electrons. The van der Waals surface area contributed by atoms with Crippen molar-refractivity contribution in [3.8, 4) is 0 Å². The monoisotopic (exact) mass is 335 g/mol. The first-order chi connectivity index (χ1) is 7.24. The second-order valence-corrected chi connectivity index (χ2v) is 5.58. The first kappa shape index (κ1) is 9.96. The molecule has 3 rings (SSSR count). The molecule has 1 aromatic heterocycles. The number of pyridine rings is 1. The summed E-state index contributed by atoms with van der Waals surface area (Å²) in [7, 11) is 0. The highest BCUT2D eigenvalue weighted by atomic mass is 127. The summed E-state index contributed by atoms with van der Waals surface area (Å²) in [6.07, 6.45) is 2.50. The van der Waals surface area contributed by atoms with Crippen molar-refractivity contribution in [2.45, 2.75) is 18.9 Å². The fraction of sp³-hybridized carbons (Fsp3) is 0.500. The number of aromatic nitrogens is 1. The number of hydrogen-bond acceptors (Lipinski definition) is 3. The minimum absolute atomic E-state index is 0.551. The summed E-state index contributed by atoms with van der Waals surface area (Å²) in [5.41, 5.74) is 1.21. The van der Waals surface area contributed by atoms with E-state index in [2.05, 4.69) is 43.9 Å². The predicted octanol–water partition coefficient (Wildman–Crippen LogP) is 2.73. The van der Waals surface area contributed by atoms with Crippen molar-refractivity contribution in [3.05, 3.63) is 14.8 Å². The minimum Gasteiger partial charge on any atom is -0.366 e. The Morgan fingerprint density at radius 2 is 2.47 bits per heavy atom. The molecule has 0 spiro atoms. The van der Waals surface area contributed by atoms with E-state index in [1.165, 1.54) is 18.5 Å². The van der Waals surface area contributed by atoms with Gasteiger partial charge in [0.2, 0.25) is 0 Å². The highest BCUT2D eigenvalue weighted by Crippen LogP contribution is 2.36. The van der Waals surface area contributed by atoms with Gasteiger partial charge in [-0.2, -0.15) is 0 Å². The van der Waals surface area contributed by atoms with E-state index in [4.69, 9.17) is 11.6 Å². The maximum absolute atomic E-state index is 6.03. The van der Waals surface area contributed by atoms with E-state index < -0.39 is 0 Å². The summed E-state index contributed by atoms with van der Waals surface area (Å²) in [6.45, 7) is 2.25. The molecule has 1 N–H and O–H groups in total. The summed E-state index contributed by atoms with van der Waals surface area (Å²) < 4.78 is 1.03. The third-order valence-corrected chi connectivity index (χ3v) is 4.45. The molecular weight excluding hydrogens is 324 g/mol. The Morgan fingerprint density at radius 1 is 1.60 bits per heavy atom. The molecule has 1 saturated heterocycles. The maximum Gasteiger partial charge on any atom is 0.151 e. The largest absolute Gasteiger partial charge is 0.366 e. The van der Waals surface area contributed by atoms with Crippen LogP contribution in [0.15, 0.2) is 6.07 Å². The molecule has 80 valence electrons. The number of anilines is 2. The average molecular weight is 336 g/mol. The lowest BCUT2D eigenvalue weighted by Crippen LogP contribution is -2.46. The summed E-state index contributed by atoms with van der Waals surface area (Å²) in [4.78, 5) is 6.81. The van der Waals surface area contributed by atoms with E-state index in [1.54, 1.807) is 0 Å². The van der Waals surface area contributed by atoms with Crippen LogP contribution in [0.25, 0.3) is 0 Å². The lowest BCUT2D eigenvalue weighted by atomic mass is 10.0. The Morgan fingerprint density at radius 3 is 3.33 bits per heavy atom. The van der Waals surface area contributed by atoms with Crippen molar-refractivity contribution in [3.63, 3.8) is 0 Å². The molecule has 0 aromatic carbocycles. The topological polar surface area (TPSA) is 28.2 Å². The molecule has 15 heavy (non-hydrogen) atoms. The standard InChI is InChI=1S/C10H11ClIN3/c11-9-7(12)4-8-10(14-9)13-6-2-1-3-15(8)5-6/h4,6H,1-3,5H2,(H,13,14)/t6-/m0/s1. The molecule has 0 amide bonds. The fourth-order valence-electron chi connectivity index (χ4n) is 2.31. The lowest BCUT2D eigenvalue weighted by molar-refractivity contribution is 0.515. The molecule has 2 aliphatic rings. The van der Waals surface area contributed by atoms with Crippen molar-refractivity contribution in [2.24, 2.45) is 0 Å². The van der Waals surface area contributed by atoms with Crippen molar-refractivity contribution in [2.75, 3.05) is 23.3 Å². The Kier molecular flexibility index (Phi) is 2.43. The van der Waals surface area contributed by atoms with Crippen molar-refractivity contribution < 1.29 is 0 Å². The number of hydrogen-bond donors (Lipinski definition) is 1. The first-order valence-corrected chi connectivity index (χ1v) is 6.57. The zero-order valence-corrected chi connectivity index (χ0v) is 11.0. The molecule has 2 bridgehead atoms. The van der Waals surface area contributed by atoms with Gasteiger partial charge in [-0.05, 0) is 41.5 Å². The molecule has 3 heterocycles. The highest BCUT2D eigenvalue weighted by Gasteiger charge is 2.28. The Balaban J connectivity index is 2.09. The summed E-state index contributed by atoms with van der Waals surface area (Å²) >= 11 is 8.26. The van der Waals surface area contributed by atoms with Crippen molar-refractivity contribution >= 4 is 45.7 Å². The zero-order valence-electron chi connectivity index (χ0n) is 8.13. The quantitative estimate of drug-likeness (QED) is 0.584. The van der Waals surface area contributed by atoms with Gasteiger partial charge in [0.25, 0.3) is 0 Å². The van der Waals surface area contributed by atoms with Gasteiger partial charge in [-0.3, -0.25) is 0 Å². The van der Waals surface area contributed by atoms with Gasteiger partial charge in [0.1, 0.15) is 5.15 Å². The van der Waals surface area contributed by atoms with Gasteiger partial charge >= 0.3 is 0 Å². The van der Waals surface area contributed by atoms with Crippen LogP contribution < -0.4 is 10.2 Å². The van der Waals surface area contributed by atoms with Gasteiger partial charge in [0, 0.05) is 19.1 Å². The predicted molar refractivity (Wildman–Crippen MR) is 70.8 cm³/mol. The Bertz CT molecular complexity index is 410. The van der Waals surface area contributed by atoms with Crippen LogP contribution in [0.1, 0.15) is 12.8 Å². The molecule has 0 saturated carbocycles. The second-order valence-electron chi connectivity index (χ2n) is 4.06. The summed E-state index contributed by atoms with van der Waals surface area (Å²) in [6, 6.07) is 2.68. The van der Waals surface area contributed by atoms with Gasteiger partial charge in [0.05, 0.1) is 9.26 Å². The third kappa shape index (κ3) is 1.67. The molecule has 0 unspecified atom stereocenters. The molecule has 3 nitrogen and oxygen atoms in total. The summed E-state index contributed by atoms with van der Waals surface area (Å²) in [5, 5.41) is 4.06. The van der Waals surface area contributed by atoms with Gasteiger partial charge in [0.15, 0.2) is 5.82 Å². The Hall–Kier alpha value is -0.230.